The third-order valence-corrected chi connectivity index (χ3v) is 4.24. The van der Waals surface area contributed by atoms with Gasteiger partial charge in [0.25, 0.3) is 0 Å². The standard InChI is InChI=1S/C15H13ClN2OS/c1-18(12-4-2-3-11(9-12)10-17)15(19)8-6-13-5-7-14(16)20-13/h2-5,7,9H,6,8H2,1H3. The number of carbonyl (C=O) groups excluding carboxylic acids is 1. The van der Waals surface area contributed by atoms with Crippen molar-refractivity contribution < 1.29 is 4.79 Å². The smallest absolute Gasteiger partial charge is 0.227 e. The molecule has 3 nitrogen and oxygen atoms in total. The summed E-state index contributed by atoms with van der Waals surface area (Å²) >= 11 is 7.36. The fourth-order valence-electron chi connectivity index (χ4n) is 1.81. The van der Waals surface area contributed by atoms with Crippen molar-refractivity contribution in [3.63, 3.8) is 0 Å². The van der Waals surface area contributed by atoms with Gasteiger partial charge in [0.1, 0.15) is 0 Å². The van der Waals surface area contributed by atoms with Crippen molar-refractivity contribution in [2.75, 3.05) is 11.9 Å². The molecule has 0 saturated heterocycles. The number of nitriles is 1. The van der Waals surface area contributed by atoms with Gasteiger partial charge in [0.15, 0.2) is 0 Å². The van der Waals surface area contributed by atoms with E-state index in [4.69, 9.17) is 16.9 Å². The average Bonchev–Trinajstić information content (AvgIpc) is 2.89. The zero-order chi connectivity index (χ0) is 14.5. The van der Waals surface area contributed by atoms with Gasteiger partial charge in [-0.15, -0.1) is 11.3 Å². The van der Waals surface area contributed by atoms with Crippen LogP contribution in [-0.2, 0) is 11.2 Å². The van der Waals surface area contributed by atoms with E-state index in [1.54, 1.807) is 30.1 Å². The van der Waals surface area contributed by atoms with E-state index in [0.29, 0.717) is 18.4 Å². The molecule has 0 unspecified atom stereocenters. The van der Waals surface area contributed by atoms with Gasteiger partial charge < -0.3 is 4.90 Å². The Morgan fingerprint density at radius 1 is 1.40 bits per heavy atom. The van der Waals surface area contributed by atoms with Crippen molar-refractivity contribution >= 4 is 34.5 Å². The average molecular weight is 305 g/mol. The molecule has 0 spiro atoms. The van der Waals surface area contributed by atoms with Crippen LogP contribution in [0.3, 0.4) is 0 Å². The van der Waals surface area contributed by atoms with Gasteiger partial charge in [0.2, 0.25) is 5.91 Å². The van der Waals surface area contributed by atoms with E-state index in [9.17, 15) is 4.79 Å². The minimum atomic E-state index is 0.0182. The number of aryl methyl sites for hydroxylation is 1. The largest absolute Gasteiger partial charge is 0.315 e. The normalized spacial score (nSPS) is 10.1. The molecule has 2 rings (SSSR count). The second-order valence-electron chi connectivity index (χ2n) is 4.32. The van der Waals surface area contributed by atoms with E-state index < -0.39 is 0 Å². The Labute approximate surface area is 127 Å². The summed E-state index contributed by atoms with van der Waals surface area (Å²) in [5, 5.41) is 8.87. The van der Waals surface area contributed by atoms with Crippen LogP contribution in [0.5, 0.6) is 0 Å². The number of thiophene rings is 1. The summed E-state index contributed by atoms with van der Waals surface area (Å²) in [5.74, 6) is 0.0182. The van der Waals surface area contributed by atoms with Crippen LogP contribution in [0.15, 0.2) is 36.4 Å². The maximum Gasteiger partial charge on any atom is 0.227 e. The molecule has 1 aromatic carbocycles. The minimum Gasteiger partial charge on any atom is -0.315 e. The number of hydrogen-bond acceptors (Lipinski definition) is 3. The van der Waals surface area contributed by atoms with Gasteiger partial charge in [-0.1, -0.05) is 17.7 Å². The van der Waals surface area contributed by atoms with Crippen molar-refractivity contribution in [3.05, 3.63) is 51.2 Å². The van der Waals surface area contributed by atoms with Gasteiger partial charge in [-0.2, -0.15) is 5.26 Å². The van der Waals surface area contributed by atoms with Crippen molar-refractivity contribution in [2.45, 2.75) is 12.8 Å². The molecule has 1 aromatic heterocycles. The van der Waals surface area contributed by atoms with Crippen molar-refractivity contribution in [2.24, 2.45) is 0 Å². The minimum absolute atomic E-state index is 0.0182. The first-order valence-corrected chi connectivity index (χ1v) is 7.30. The lowest BCUT2D eigenvalue weighted by Gasteiger charge is -2.17. The number of nitrogens with zero attached hydrogens (tertiary/aromatic N) is 2. The van der Waals surface area contributed by atoms with Crippen LogP contribution < -0.4 is 4.90 Å². The number of carbonyl (C=O) groups is 1. The molecule has 0 aliphatic rings. The molecule has 0 saturated carbocycles. The third kappa shape index (κ3) is 3.60. The number of hydrogen-bond donors (Lipinski definition) is 0. The van der Waals surface area contributed by atoms with Crippen LogP contribution >= 0.6 is 22.9 Å². The highest BCUT2D eigenvalue weighted by atomic mass is 35.5. The van der Waals surface area contributed by atoms with Gasteiger partial charge >= 0.3 is 0 Å². The Hall–Kier alpha value is -1.83. The Morgan fingerprint density at radius 2 is 2.20 bits per heavy atom. The molecule has 20 heavy (non-hydrogen) atoms. The van der Waals surface area contributed by atoms with E-state index >= 15 is 0 Å². The number of rotatable bonds is 4. The Kier molecular flexibility index (Phi) is 4.78. The first kappa shape index (κ1) is 14.6. The molecule has 0 radical (unpaired) electrons. The second-order valence-corrected chi connectivity index (χ2v) is 6.12. The lowest BCUT2D eigenvalue weighted by molar-refractivity contribution is -0.118. The van der Waals surface area contributed by atoms with Crippen LogP contribution in [0.2, 0.25) is 4.34 Å². The second kappa shape index (κ2) is 6.56. The van der Waals surface area contributed by atoms with Crippen LogP contribution in [-0.4, -0.2) is 13.0 Å². The van der Waals surface area contributed by atoms with Crippen LogP contribution in [0.25, 0.3) is 0 Å². The quantitative estimate of drug-likeness (QED) is 0.860. The zero-order valence-electron chi connectivity index (χ0n) is 11.0. The van der Waals surface area contributed by atoms with Gasteiger partial charge in [-0.3, -0.25) is 4.79 Å². The van der Waals surface area contributed by atoms with Crippen molar-refractivity contribution in [3.8, 4) is 6.07 Å². The van der Waals surface area contributed by atoms with Gasteiger partial charge in [0.05, 0.1) is 16.0 Å². The summed E-state index contributed by atoms with van der Waals surface area (Å²) in [5.41, 5.74) is 1.28. The SMILES string of the molecule is CN(C(=O)CCc1ccc(Cl)s1)c1cccc(C#N)c1. The highest BCUT2D eigenvalue weighted by molar-refractivity contribution is 7.16. The first-order valence-electron chi connectivity index (χ1n) is 6.11. The van der Waals surface area contributed by atoms with Crippen molar-refractivity contribution in [1.29, 1.82) is 5.26 Å². The molecular formula is C15H13ClN2OS. The summed E-state index contributed by atoms with van der Waals surface area (Å²) in [4.78, 5) is 14.8. The van der Waals surface area contributed by atoms with Gasteiger partial charge in [0, 0.05) is 24.0 Å². The zero-order valence-corrected chi connectivity index (χ0v) is 12.5. The van der Waals surface area contributed by atoms with Crippen LogP contribution in [0.1, 0.15) is 16.9 Å². The molecule has 102 valence electrons. The Bertz CT molecular complexity index is 660. The molecule has 1 heterocycles. The fraction of sp³-hybridized carbons (Fsp3) is 0.200. The summed E-state index contributed by atoms with van der Waals surface area (Å²) in [6.07, 6.45) is 1.10. The maximum atomic E-state index is 12.1. The fourth-order valence-corrected chi connectivity index (χ4v) is 2.90. The molecule has 2 aromatic rings. The van der Waals surface area contributed by atoms with Crippen molar-refractivity contribution in [1.82, 2.24) is 0 Å². The topological polar surface area (TPSA) is 44.1 Å². The van der Waals surface area contributed by atoms with Crippen LogP contribution in [0, 0.1) is 11.3 Å². The van der Waals surface area contributed by atoms with Gasteiger partial charge in [-0.05, 0) is 36.8 Å². The monoisotopic (exact) mass is 304 g/mol. The molecule has 0 bridgehead atoms. The Morgan fingerprint density at radius 3 is 2.85 bits per heavy atom. The van der Waals surface area contributed by atoms with E-state index in [2.05, 4.69) is 6.07 Å². The van der Waals surface area contributed by atoms with E-state index in [1.807, 2.05) is 18.2 Å². The number of amides is 1. The molecule has 0 atom stereocenters. The lowest BCUT2D eigenvalue weighted by Crippen LogP contribution is -2.26. The van der Waals surface area contributed by atoms with E-state index in [-0.39, 0.29) is 5.91 Å². The van der Waals surface area contributed by atoms with E-state index in [1.165, 1.54) is 11.3 Å². The molecular weight excluding hydrogens is 292 g/mol. The molecule has 5 heteroatoms. The first-order chi connectivity index (χ1) is 9.60. The molecule has 0 aliphatic carbocycles. The number of halogens is 1. The number of anilines is 1. The molecule has 0 fully saturated rings. The molecule has 0 aliphatic heterocycles. The predicted molar refractivity (Wildman–Crippen MR) is 82.2 cm³/mol. The third-order valence-electron chi connectivity index (χ3n) is 2.95. The summed E-state index contributed by atoms with van der Waals surface area (Å²) in [7, 11) is 1.72. The van der Waals surface area contributed by atoms with Crippen LogP contribution in [0.4, 0.5) is 5.69 Å². The summed E-state index contributed by atoms with van der Waals surface area (Å²) in [6.45, 7) is 0. The van der Waals surface area contributed by atoms with Gasteiger partial charge in [-0.25, -0.2) is 0 Å². The molecule has 0 N–H and O–H groups in total. The Balaban J connectivity index is 1.99. The summed E-state index contributed by atoms with van der Waals surface area (Å²) < 4.78 is 0.738. The highest BCUT2D eigenvalue weighted by Crippen LogP contribution is 2.23. The number of benzene rings is 1. The summed E-state index contributed by atoms with van der Waals surface area (Å²) in [6, 6.07) is 12.9. The predicted octanol–water partition coefficient (Wildman–Crippen LogP) is 3.87. The lowest BCUT2D eigenvalue weighted by atomic mass is 10.2. The van der Waals surface area contributed by atoms with E-state index in [0.717, 1.165) is 14.9 Å². The highest BCUT2D eigenvalue weighted by Gasteiger charge is 2.12. The maximum absolute atomic E-state index is 12.1. The molecule has 1 amide bonds.